The molecule has 0 bridgehead atoms. The Morgan fingerprint density at radius 3 is 0.804 bits per heavy atom. The lowest BCUT2D eigenvalue weighted by Crippen LogP contribution is -2.00. The number of hydrogen-bond acceptors (Lipinski definition) is 5. The maximum absolute atomic E-state index is 4.98. The van der Waals surface area contributed by atoms with Gasteiger partial charge >= 0.3 is 0 Å². The molecule has 0 atom stereocenters. The smallest absolute Gasteiger partial charge is 0.164 e. The fourth-order valence-corrected chi connectivity index (χ4v) is 24.5. The number of aromatic nitrogens is 6. The second-order valence-electron chi connectivity index (χ2n) is 36.7. The molecular weight excluding hydrogens is 1770 g/mol. The number of hydrogen-bond donors (Lipinski definition) is 0. The Hall–Kier alpha value is -18.3. The lowest BCUT2D eigenvalue weighted by molar-refractivity contribution is 1.07. The van der Waals surface area contributed by atoms with Crippen molar-refractivity contribution in [3.63, 3.8) is 0 Å². The standard InChI is InChI=1S/C48H31N3.C45H29N3S.C42H26S/c1-3-13-34(14-4-1)49-43-20-10-7-17-37(43)40-29-32(23-26-46(40)49)33-24-27-47-41(30-33)38-18-8-12-22-45(38)51(47)36-25-28-48-42(31-36)39-19-9-11-21-44(39)50(48)35-15-5-2-6-16-35;1-4-13-30(14-5-1)31-25-27-32(28-26-31)37-21-11-23-39-40-24-12-22-38(42(40)49-41(37)39)35-19-10-20-36(29-35)45-47-43(33-15-6-2-7-16-33)46-44(48-45)34-17-8-3-9-18-34;1-2-11-27(12-3-1)31-19-9-21-38-39-22-10-20-32(42(39)43-41(31)38)30-14-8-13-28(25-30)29-23-24-37-35-17-5-4-15-33(35)34-16-6-7-18-36(34)40(37)26-29/h1-31H;1-29H;1-26H. The minimum Gasteiger partial charge on any atom is -0.309 e. The van der Waals surface area contributed by atoms with Crippen molar-refractivity contribution in [2.24, 2.45) is 0 Å². The summed E-state index contributed by atoms with van der Waals surface area (Å²) in [5.41, 5.74) is 30.9. The van der Waals surface area contributed by atoms with Crippen molar-refractivity contribution in [2.75, 3.05) is 0 Å². The molecule has 0 spiro atoms. The Kier molecular flexibility index (Phi) is 20.9. The van der Waals surface area contributed by atoms with Gasteiger partial charge in [-0.1, -0.05) is 419 Å². The Balaban J connectivity index is 0.000000107. The Morgan fingerprint density at radius 2 is 0.371 bits per heavy atom. The molecule has 6 nitrogen and oxygen atoms in total. The average Bonchev–Trinajstić information content (AvgIpc) is 1.61. The van der Waals surface area contributed by atoms with Crippen molar-refractivity contribution in [2.45, 2.75) is 0 Å². The van der Waals surface area contributed by atoms with Crippen molar-refractivity contribution in [3.8, 4) is 129 Å². The normalized spacial score (nSPS) is 11.6. The Labute approximate surface area is 833 Å². The van der Waals surface area contributed by atoms with E-state index in [9.17, 15) is 0 Å². The van der Waals surface area contributed by atoms with Crippen LogP contribution in [0.4, 0.5) is 0 Å². The van der Waals surface area contributed by atoms with E-state index in [4.69, 9.17) is 15.0 Å². The van der Waals surface area contributed by atoms with E-state index < -0.39 is 0 Å². The molecule has 0 aliphatic rings. The molecule has 0 radical (unpaired) electrons. The molecule has 0 amide bonds. The predicted molar refractivity (Wildman–Crippen MR) is 608 cm³/mol. The number of thiophene rings is 2. The zero-order valence-electron chi connectivity index (χ0n) is 77.7. The van der Waals surface area contributed by atoms with Gasteiger partial charge in [-0.15, -0.1) is 22.7 Å². The zero-order valence-corrected chi connectivity index (χ0v) is 79.3. The lowest BCUT2D eigenvalue weighted by atomic mass is 9.91. The van der Waals surface area contributed by atoms with Gasteiger partial charge in [-0.05, 0) is 213 Å². The molecule has 0 fully saturated rings. The third-order valence-electron chi connectivity index (χ3n) is 28.4. The van der Waals surface area contributed by atoms with Crippen molar-refractivity contribution >= 4 is 161 Å². The number of benzene rings is 23. The van der Waals surface area contributed by atoms with Crippen LogP contribution in [-0.2, 0) is 0 Å². The van der Waals surface area contributed by atoms with E-state index in [1.807, 2.05) is 83.3 Å². The van der Waals surface area contributed by atoms with Crippen LogP contribution in [0.2, 0.25) is 0 Å². The van der Waals surface area contributed by atoms with E-state index in [1.165, 1.54) is 222 Å². The topological polar surface area (TPSA) is 53.5 Å². The number of fused-ring (bicyclic) bond motifs is 21. The summed E-state index contributed by atoms with van der Waals surface area (Å²) in [6, 6.07) is 188. The molecule has 29 aromatic rings. The summed E-state index contributed by atoms with van der Waals surface area (Å²) >= 11 is 3.78. The molecule has 0 N–H and O–H groups in total. The SMILES string of the molecule is c1ccc(-c2ccc(-c3cccc4c3sc3c(-c5cccc(-c6nc(-c7ccccc7)nc(-c7ccccc7)n6)c5)cccc34)cc2)cc1.c1ccc(-c2cccc3c2sc2c(-c4cccc(-c5ccc6c7ccccc7c7ccccc7c6c5)c4)cccc23)cc1.c1ccc(-n2c3ccccc3c3cc(-c4ccc5c(c4)c4ccccc4n5-c4ccc5c(c4)c4ccccc4n5-c4ccccc4)ccc32)cc1. The number of para-hydroxylation sites is 5. The maximum atomic E-state index is 4.98. The van der Waals surface area contributed by atoms with Crippen LogP contribution in [0.3, 0.4) is 0 Å². The van der Waals surface area contributed by atoms with Crippen LogP contribution in [0.15, 0.2) is 522 Å². The highest BCUT2D eigenvalue weighted by Gasteiger charge is 2.24. The maximum Gasteiger partial charge on any atom is 0.164 e. The molecule has 0 saturated heterocycles. The third kappa shape index (κ3) is 14.9. The first kappa shape index (κ1) is 84.0. The Morgan fingerprint density at radius 1 is 0.126 bits per heavy atom. The van der Waals surface area contributed by atoms with Crippen molar-refractivity contribution in [1.82, 2.24) is 28.7 Å². The third-order valence-corrected chi connectivity index (χ3v) is 31.0. The van der Waals surface area contributed by atoms with Crippen LogP contribution in [0, 0.1) is 0 Å². The summed E-state index contributed by atoms with van der Waals surface area (Å²) in [7, 11) is 0. The summed E-state index contributed by atoms with van der Waals surface area (Å²) in [5, 5.41) is 20.6. The van der Waals surface area contributed by atoms with E-state index in [-0.39, 0.29) is 0 Å². The van der Waals surface area contributed by atoms with Gasteiger partial charge in [-0.2, -0.15) is 0 Å². The first-order valence-electron chi connectivity index (χ1n) is 48.7. The van der Waals surface area contributed by atoms with Crippen molar-refractivity contribution < 1.29 is 0 Å². The fourth-order valence-electron chi connectivity index (χ4n) is 21.8. The molecule has 143 heavy (non-hydrogen) atoms. The van der Waals surface area contributed by atoms with Gasteiger partial charge in [0.2, 0.25) is 0 Å². The van der Waals surface area contributed by atoms with Crippen molar-refractivity contribution in [3.05, 3.63) is 522 Å². The van der Waals surface area contributed by atoms with E-state index in [0.29, 0.717) is 17.5 Å². The molecular formula is C135H86N6S2. The highest BCUT2D eigenvalue weighted by molar-refractivity contribution is 7.27. The van der Waals surface area contributed by atoms with Crippen LogP contribution in [0.5, 0.6) is 0 Å². The summed E-state index contributed by atoms with van der Waals surface area (Å²) in [5.74, 6) is 1.97. The van der Waals surface area contributed by atoms with Crippen LogP contribution >= 0.6 is 22.7 Å². The van der Waals surface area contributed by atoms with Crippen LogP contribution < -0.4 is 0 Å². The summed E-state index contributed by atoms with van der Waals surface area (Å²) in [6.45, 7) is 0. The van der Waals surface area contributed by atoms with Crippen LogP contribution in [-0.4, -0.2) is 28.7 Å². The van der Waals surface area contributed by atoms with Gasteiger partial charge < -0.3 is 13.7 Å². The molecule has 0 aliphatic carbocycles. The lowest BCUT2D eigenvalue weighted by Gasteiger charge is -2.12. The van der Waals surface area contributed by atoms with E-state index >= 15 is 0 Å². The Bertz CT molecular complexity index is 9930. The van der Waals surface area contributed by atoms with Crippen molar-refractivity contribution in [1.29, 1.82) is 0 Å². The number of rotatable bonds is 13. The summed E-state index contributed by atoms with van der Waals surface area (Å²) in [6.07, 6.45) is 0. The summed E-state index contributed by atoms with van der Waals surface area (Å²) < 4.78 is 12.4. The molecule has 0 saturated carbocycles. The summed E-state index contributed by atoms with van der Waals surface area (Å²) in [4.78, 5) is 14.8. The van der Waals surface area contributed by atoms with Gasteiger partial charge in [0.15, 0.2) is 17.5 Å². The molecule has 0 unspecified atom stereocenters. The van der Waals surface area contributed by atoms with E-state index in [0.717, 1.165) is 27.9 Å². The quantitative estimate of drug-likeness (QED) is 0.108. The van der Waals surface area contributed by atoms with Gasteiger partial charge in [0.1, 0.15) is 0 Å². The molecule has 8 heteroatoms. The monoisotopic (exact) mass is 1850 g/mol. The van der Waals surface area contributed by atoms with Gasteiger partial charge in [-0.3, -0.25) is 0 Å². The minimum atomic E-state index is 0.652. The predicted octanol–water partition coefficient (Wildman–Crippen LogP) is 37.4. The second kappa shape index (κ2) is 35.6. The second-order valence-corrected chi connectivity index (χ2v) is 38.7. The van der Waals surface area contributed by atoms with Crippen LogP contribution in [0.1, 0.15) is 0 Å². The first-order chi connectivity index (χ1) is 70.9. The highest BCUT2D eigenvalue weighted by Crippen LogP contribution is 2.50. The largest absolute Gasteiger partial charge is 0.309 e. The van der Waals surface area contributed by atoms with Gasteiger partial charge in [0, 0.05) is 106 Å². The molecule has 668 valence electrons. The molecule has 6 heterocycles. The molecule has 0 aliphatic heterocycles. The zero-order chi connectivity index (χ0) is 94.4. The van der Waals surface area contributed by atoms with Gasteiger partial charge in [0.05, 0.1) is 33.1 Å². The van der Waals surface area contributed by atoms with E-state index in [2.05, 4.69) is 475 Å². The van der Waals surface area contributed by atoms with E-state index in [1.54, 1.807) is 0 Å². The molecule has 6 aromatic heterocycles. The number of nitrogens with zero attached hydrogens (tertiary/aromatic N) is 6. The molecule has 29 rings (SSSR count). The van der Waals surface area contributed by atoms with Crippen LogP contribution in [0.25, 0.3) is 267 Å². The highest BCUT2D eigenvalue weighted by atomic mass is 32.1. The minimum absolute atomic E-state index is 0.652. The average molecular weight is 1860 g/mol. The van der Waals surface area contributed by atoms with Gasteiger partial charge in [0.25, 0.3) is 0 Å². The molecule has 23 aromatic carbocycles. The fraction of sp³-hybridized carbons (Fsp3) is 0. The first-order valence-corrected chi connectivity index (χ1v) is 50.3. The van der Waals surface area contributed by atoms with Gasteiger partial charge in [-0.25, -0.2) is 15.0 Å².